The zero-order valence-electron chi connectivity index (χ0n) is 12.8. The third-order valence-corrected chi connectivity index (χ3v) is 3.85. The number of hydrogen-bond acceptors (Lipinski definition) is 2. The van der Waals surface area contributed by atoms with Gasteiger partial charge in [-0.2, -0.15) is 0 Å². The summed E-state index contributed by atoms with van der Waals surface area (Å²) in [5, 5.41) is 3.46. The highest BCUT2D eigenvalue weighted by atomic mass is 35.5. The van der Waals surface area contributed by atoms with Crippen molar-refractivity contribution >= 4 is 12.4 Å². The topological polar surface area (TPSA) is 15.3 Å². The molecule has 20 heavy (non-hydrogen) atoms. The lowest BCUT2D eigenvalue weighted by Gasteiger charge is -2.31. The number of hydrogen-bond donors (Lipinski definition) is 1. The van der Waals surface area contributed by atoms with Crippen LogP contribution in [0.25, 0.3) is 0 Å². The molecule has 0 saturated carbocycles. The van der Waals surface area contributed by atoms with Gasteiger partial charge in [0.1, 0.15) is 0 Å². The molecule has 0 aliphatic carbocycles. The predicted molar refractivity (Wildman–Crippen MR) is 89.4 cm³/mol. The maximum absolute atomic E-state index is 3.46. The van der Waals surface area contributed by atoms with Crippen LogP contribution in [-0.2, 0) is 6.54 Å². The molecule has 2 nitrogen and oxygen atoms in total. The van der Waals surface area contributed by atoms with E-state index in [-0.39, 0.29) is 12.4 Å². The minimum absolute atomic E-state index is 0. The Bertz CT molecular complexity index is 347. The Balaban J connectivity index is 0.00000200. The van der Waals surface area contributed by atoms with Crippen molar-refractivity contribution in [3.8, 4) is 0 Å². The van der Waals surface area contributed by atoms with E-state index in [1.165, 1.54) is 44.6 Å². The minimum Gasteiger partial charge on any atom is -0.317 e. The summed E-state index contributed by atoms with van der Waals surface area (Å²) in [6.45, 7) is 10.6. The molecular weight excluding hydrogens is 268 g/mol. The third-order valence-electron chi connectivity index (χ3n) is 3.85. The van der Waals surface area contributed by atoms with Crippen LogP contribution in [0.5, 0.6) is 0 Å². The summed E-state index contributed by atoms with van der Waals surface area (Å²) < 4.78 is 0. The SMILES string of the molecule is CC(C)CN(Cc1ccccc1)CC1CCNCC1.Cl. The Morgan fingerprint density at radius 2 is 1.80 bits per heavy atom. The van der Waals surface area contributed by atoms with Gasteiger partial charge in [0.05, 0.1) is 0 Å². The quantitative estimate of drug-likeness (QED) is 0.863. The first-order chi connectivity index (χ1) is 9.24. The maximum Gasteiger partial charge on any atom is 0.0233 e. The molecule has 0 atom stereocenters. The van der Waals surface area contributed by atoms with Crippen molar-refractivity contribution in [2.24, 2.45) is 11.8 Å². The second-order valence-electron chi connectivity index (χ2n) is 6.27. The van der Waals surface area contributed by atoms with Crippen LogP contribution in [-0.4, -0.2) is 31.1 Å². The van der Waals surface area contributed by atoms with Gasteiger partial charge in [0.25, 0.3) is 0 Å². The number of halogens is 1. The van der Waals surface area contributed by atoms with Crippen molar-refractivity contribution in [3.63, 3.8) is 0 Å². The van der Waals surface area contributed by atoms with Crippen LogP contribution in [0.1, 0.15) is 32.3 Å². The van der Waals surface area contributed by atoms with Gasteiger partial charge >= 0.3 is 0 Å². The molecule has 114 valence electrons. The summed E-state index contributed by atoms with van der Waals surface area (Å²) in [5.41, 5.74) is 1.44. The van der Waals surface area contributed by atoms with Gasteiger partial charge in [-0.1, -0.05) is 44.2 Å². The summed E-state index contributed by atoms with van der Waals surface area (Å²) in [7, 11) is 0. The van der Waals surface area contributed by atoms with Crippen molar-refractivity contribution in [1.82, 2.24) is 10.2 Å². The molecule has 1 fully saturated rings. The molecule has 1 N–H and O–H groups in total. The average molecular weight is 297 g/mol. The molecule has 0 bridgehead atoms. The van der Waals surface area contributed by atoms with Crippen molar-refractivity contribution in [3.05, 3.63) is 35.9 Å². The number of rotatable bonds is 6. The van der Waals surface area contributed by atoms with Crippen molar-refractivity contribution in [2.45, 2.75) is 33.2 Å². The molecule has 1 aliphatic heterocycles. The van der Waals surface area contributed by atoms with E-state index in [2.05, 4.69) is 54.4 Å². The number of piperidine rings is 1. The lowest BCUT2D eigenvalue weighted by atomic mass is 9.97. The molecule has 1 heterocycles. The van der Waals surface area contributed by atoms with Crippen LogP contribution in [0.3, 0.4) is 0 Å². The molecule has 0 aromatic heterocycles. The van der Waals surface area contributed by atoms with Gasteiger partial charge in [0.2, 0.25) is 0 Å². The Morgan fingerprint density at radius 3 is 2.40 bits per heavy atom. The van der Waals surface area contributed by atoms with Gasteiger partial charge in [0.15, 0.2) is 0 Å². The molecule has 0 spiro atoms. The van der Waals surface area contributed by atoms with Crippen molar-refractivity contribution < 1.29 is 0 Å². The zero-order chi connectivity index (χ0) is 13.5. The van der Waals surface area contributed by atoms with E-state index in [1.54, 1.807) is 0 Å². The standard InChI is InChI=1S/C17H28N2.ClH/c1-15(2)12-19(13-16-6-4-3-5-7-16)14-17-8-10-18-11-9-17;/h3-7,15,17-18H,8-14H2,1-2H3;1H. The number of nitrogens with zero attached hydrogens (tertiary/aromatic N) is 1. The summed E-state index contributed by atoms with van der Waals surface area (Å²) in [4.78, 5) is 2.65. The highest BCUT2D eigenvalue weighted by molar-refractivity contribution is 5.85. The smallest absolute Gasteiger partial charge is 0.0233 e. The Labute approximate surface area is 130 Å². The molecule has 1 aromatic rings. The van der Waals surface area contributed by atoms with Gasteiger partial charge < -0.3 is 5.32 Å². The van der Waals surface area contributed by atoms with Crippen LogP contribution >= 0.6 is 12.4 Å². The van der Waals surface area contributed by atoms with E-state index in [9.17, 15) is 0 Å². The first-order valence-electron chi connectivity index (χ1n) is 7.71. The first-order valence-corrected chi connectivity index (χ1v) is 7.71. The fraction of sp³-hybridized carbons (Fsp3) is 0.647. The third kappa shape index (κ3) is 6.25. The second kappa shape index (κ2) is 9.38. The van der Waals surface area contributed by atoms with Gasteiger partial charge in [0, 0.05) is 19.6 Å². The highest BCUT2D eigenvalue weighted by Crippen LogP contribution is 2.16. The van der Waals surface area contributed by atoms with E-state index >= 15 is 0 Å². The first kappa shape index (κ1) is 17.5. The molecule has 0 radical (unpaired) electrons. The zero-order valence-corrected chi connectivity index (χ0v) is 13.7. The monoisotopic (exact) mass is 296 g/mol. The van der Waals surface area contributed by atoms with Crippen molar-refractivity contribution in [2.75, 3.05) is 26.2 Å². The Hall–Kier alpha value is -0.570. The van der Waals surface area contributed by atoms with Gasteiger partial charge in [-0.15, -0.1) is 12.4 Å². The summed E-state index contributed by atoms with van der Waals surface area (Å²) in [6.07, 6.45) is 2.67. The highest BCUT2D eigenvalue weighted by Gasteiger charge is 2.17. The van der Waals surface area contributed by atoms with E-state index in [4.69, 9.17) is 0 Å². The summed E-state index contributed by atoms with van der Waals surface area (Å²) in [6, 6.07) is 10.9. The average Bonchev–Trinajstić information content (AvgIpc) is 2.40. The molecule has 2 rings (SSSR count). The fourth-order valence-corrected chi connectivity index (χ4v) is 2.99. The maximum atomic E-state index is 3.46. The summed E-state index contributed by atoms with van der Waals surface area (Å²) in [5.74, 6) is 1.62. The Morgan fingerprint density at radius 1 is 1.15 bits per heavy atom. The predicted octanol–water partition coefficient (Wildman–Crippen LogP) is 3.57. The number of benzene rings is 1. The lowest BCUT2D eigenvalue weighted by molar-refractivity contribution is 0.181. The normalized spacial score (nSPS) is 16.4. The molecule has 0 amide bonds. The van der Waals surface area contributed by atoms with Crippen LogP contribution in [0, 0.1) is 11.8 Å². The van der Waals surface area contributed by atoms with Crippen LogP contribution in [0.15, 0.2) is 30.3 Å². The molecule has 1 saturated heterocycles. The minimum atomic E-state index is 0. The lowest BCUT2D eigenvalue weighted by Crippen LogP contribution is -2.37. The molecule has 1 aliphatic rings. The van der Waals surface area contributed by atoms with Crippen molar-refractivity contribution in [1.29, 1.82) is 0 Å². The largest absolute Gasteiger partial charge is 0.317 e. The molecular formula is C17H29ClN2. The van der Waals surface area contributed by atoms with Gasteiger partial charge in [-0.05, 0) is 43.3 Å². The van der Waals surface area contributed by atoms with Gasteiger partial charge in [-0.3, -0.25) is 4.90 Å². The van der Waals surface area contributed by atoms with Crippen LogP contribution in [0.2, 0.25) is 0 Å². The number of nitrogens with one attached hydrogen (secondary N) is 1. The molecule has 3 heteroatoms. The molecule has 0 unspecified atom stereocenters. The van der Waals surface area contributed by atoms with E-state index in [1.807, 2.05) is 0 Å². The van der Waals surface area contributed by atoms with Crippen LogP contribution in [0.4, 0.5) is 0 Å². The van der Waals surface area contributed by atoms with Crippen LogP contribution < -0.4 is 5.32 Å². The van der Waals surface area contributed by atoms with E-state index in [0.29, 0.717) is 0 Å². The Kier molecular flexibility index (Phi) is 8.20. The fourth-order valence-electron chi connectivity index (χ4n) is 2.99. The second-order valence-corrected chi connectivity index (χ2v) is 6.27. The van der Waals surface area contributed by atoms with Gasteiger partial charge in [-0.25, -0.2) is 0 Å². The van der Waals surface area contributed by atoms with E-state index < -0.39 is 0 Å². The van der Waals surface area contributed by atoms with E-state index in [0.717, 1.165) is 18.4 Å². The summed E-state index contributed by atoms with van der Waals surface area (Å²) >= 11 is 0. The molecule has 1 aromatic carbocycles.